The molecule has 0 amide bonds. The van der Waals surface area contributed by atoms with E-state index in [-0.39, 0.29) is 0 Å². The van der Waals surface area contributed by atoms with Crippen LogP contribution >= 0.6 is 35.2 Å². The number of nitrogens with zero attached hydrogens (tertiary/aromatic N) is 2. The zero-order valence-corrected chi connectivity index (χ0v) is 12.8. The van der Waals surface area contributed by atoms with Crippen molar-refractivity contribution in [2.75, 3.05) is 0 Å². The van der Waals surface area contributed by atoms with Crippen molar-refractivity contribution >= 4 is 46.2 Å². The molecular weight excluding hydrogens is 310 g/mol. The zero-order valence-electron chi connectivity index (χ0n) is 10.4. The summed E-state index contributed by atoms with van der Waals surface area (Å²) in [5.41, 5.74) is 2.56. The minimum absolute atomic E-state index is 0.638. The number of nitrogens with one attached hydrogen (secondary N) is 1. The van der Waals surface area contributed by atoms with E-state index in [0.29, 0.717) is 10.3 Å². The Morgan fingerprint density at radius 2 is 2.20 bits per heavy atom. The highest BCUT2D eigenvalue weighted by atomic mass is 35.5. The second-order valence-electron chi connectivity index (χ2n) is 4.38. The van der Waals surface area contributed by atoms with Gasteiger partial charge in [0, 0.05) is 11.4 Å². The van der Waals surface area contributed by atoms with Crippen LogP contribution in [0.5, 0.6) is 0 Å². The van der Waals surface area contributed by atoms with Crippen molar-refractivity contribution in [3.05, 3.63) is 49.9 Å². The van der Waals surface area contributed by atoms with Crippen LogP contribution in [-0.2, 0) is 13.0 Å². The van der Waals surface area contributed by atoms with E-state index in [4.69, 9.17) is 29.1 Å². The molecule has 3 nitrogen and oxygen atoms in total. The van der Waals surface area contributed by atoms with E-state index in [0.717, 1.165) is 28.3 Å². The van der Waals surface area contributed by atoms with E-state index in [1.54, 1.807) is 17.4 Å². The van der Waals surface area contributed by atoms with Crippen molar-refractivity contribution in [1.82, 2.24) is 9.55 Å². The van der Waals surface area contributed by atoms with Crippen LogP contribution in [0.1, 0.15) is 10.4 Å². The lowest BCUT2D eigenvalue weighted by Crippen LogP contribution is -2.00. The quantitative estimate of drug-likeness (QED) is 0.721. The molecule has 20 heavy (non-hydrogen) atoms. The molecule has 2 heterocycles. The highest BCUT2D eigenvalue weighted by Gasteiger charge is 2.06. The van der Waals surface area contributed by atoms with Gasteiger partial charge in [-0.15, -0.1) is 11.3 Å². The summed E-state index contributed by atoms with van der Waals surface area (Å²) in [4.78, 5) is 4.39. The van der Waals surface area contributed by atoms with E-state index in [9.17, 15) is 0 Å². The molecule has 0 spiro atoms. The van der Waals surface area contributed by atoms with E-state index >= 15 is 0 Å². The fraction of sp³-hybridized carbons (Fsp3) is 0.143. The maximum absolute atomic E-state index is 9.00. The summed E-state index contributed by atoms with van der Waals surface area (Å²) in [7, 11) is 0. The molecule has 0 bridgehead atoms. The molecule has 2 aromatic heterocycles. The number of benzene rings is 1. The Kier molecular flexibility index (Phi) is 3.62. The number of nitriles is 1. The molecule has 6 heteroatoms. The van der Waals surface area contributed by atoms with Crippen molar-refractivity contribution in [1.29, 1.82) is 5.26 Å². The third kappa shape index (κ3) is 2.50. The average Bonchev–Trinajstić information content (AvgIpc) is 2.98. The number of imidazole rings is 1. The third-order valence-electron chi connectivity index (χ3n) is 3.12. The number of aromatic amines is 1. The lowest BCUT2D eigenvalue weighted by atomic mass is 10.2. The number of fused-ring (bicyclic) bond motifs is 1. The molecule has 3 aromatic rings. The molecule has 0 fully saturated rings. The Bertz CT molecular complexity index is 867. The molecule has 0 unspecified atom stereocenters. The molecule has 100 valence electrons. The predicted octanol–water partition coefficient (Wildman–Crippen LogP) is 4.53. The summed E-state index contributed by atoms with van der Waals surface area (Å²) in [5.74, 6) is 0. The van der Waals surface area contributed by atoms with Crippen LogP contribution in [0.2, 0.25) is 4.34 Å². The number of hydrogen-bond donors (Lipinski definition) is 1. The number of rotatable bonds is 3. The first kappa shape index (κ1) is 13.4. The minimum Gasteiger partial charge on any atom is -0.331 e. The van der Waals surface area contributed by atoms with Gasteiger partial charge in [0.15, 0.2) is 4.77 Å². The van der Waals surface area contributed by atoms with E-state index in [1.807, 2.05) is 28.8 Å². The fourth-order valence-corrected chi connectivity index (χ4v) is 3.53. The molecule has 1 aromatic carbocycles. The zero-order chi connectivity index (χ0) is 14.1. The Morgan fingerprint density at radius 3 is 2.90 bits per heavy atom. The lowest BCUT2D eigenvalue weighted by Gasteiger charge is -2.03. The van der Waals surface area contributed by atoms with Crippen LogP contribution in [0.4, 0.5) is 0 Å². The maximum atomic E-state index is 9.00. The summed E-state index contributed by atoms with van der Waals surface area (Å²) in [6, 6.07) is 11.6. The molecule has 0 aliphatic carbocycles. The second kappa shape index (κ2) is 5.41. The van der Waals surface area contributed by atoms with Crippen LogP contribution < -0.4 is 0 Å². The van der Waals surface area contributed by atoms with Crippen molar-refractivity contribution < 1.29 is 0 Å². The number of halogens is 1. The van der Waals surface area contributed by atoms with Gasteiger partial charge in [0.1, 0.15) is 0 Å². The minimum atomic E-state index is 0.638. The van der Waals surface area contributed by atoms with Crippen molar-refractivity contribution in [2.24, 2.45) is 0 Å². The molecule has 1 N–H and O–H groups in total. The molecule has 0 radical (unpaired) electrons. The van der Waals surface area contributed by atoms with Gasteiger partial charge in [0.2, 0.25) is 0 Å². The van der Waals surface area contributed by atoms with Crippen molar-refractivity contribution in [3.63, 3.8) is 0 Å². The maximum Gasteiger partial charge on any atom is 0.178 e. The number of aryl methyl sites for hydroxylation is 2. The van der Waals surface area contributed by atoms with Gasteiger partial charge in [-0.3, -0.25) is 0 Å². The summed E-state index contributed by atoms with van der Waals surface area (Å²) in [5, 5.41) is 9.00. The van der Waals surface area contributed by atoms with E-state index < -0.39 is 0 Å². The van der Waals surface area contributed by atoms with Crippen LogP contribution in [0.15, 0.2) is 30.3 Å². The molecule has 0 atom stereocenters. The smallest absolute Gasteiger partial charge is 0.178 e. The third-order valence-corrected chi connectivity index (χ3v) is 4.73. The standard InChI is InChI=1S/C14H10ClN3S2/c15-13-4-2-10(20-13)5-6-18-12-7-9(8-16)1-3-11(12)17-14(18)19/h1-4,7H,5-6H2,(H,17,19). The Labute approximate surface area is 130 Å². The highest BCUT2D eigenvalue weighted by molar-refractivity contribution is 7.71. The van der Waals surface area contributed by atoms with Crippen LogP contribution in [0.3, 0.4) is 0 Å². The first-order valence-electron chi connectivity index (χ1n) is 6.04. The average molecular weight is 320 g/mol. The summed E-state index contributed by atoms with van der Waals surface area (Å²) in [6.45, 7) is 0.768. The molecule has 0 saturated heterocycles. The summed E-state index contributed by atoms with van der Waals surface area (Å²) in [6.07, 6.45) is 0.870. The van der Waals surface area contributed by atoms with E-state index in [1.165, 1.54) is 4.88 Å². The lowest BCUT2D eigenvalue weighted by molar-refractivity contribution is 0.712. The number of thiophene rings is 1. The first-order valence-corrected chi connectivity index (χ1v) is 7.64. The second-order valence-corrected chi connectivity index (χ2v) is 6.57. The van der Waals surface area contributed by atoms with Crippen LogP contribution in [0, 0.1) is 16.1 Å². The van der Waals surface area contributed by atoms with Gasteiger partial charge in [-0.2, -0.15) is 5.26 Å². The number of H-pyrrole nitrogens is 1. The highest BCUT2D eigenvalue weighted by Crippen LogP contribution is 2.23. The topological polar surface area (TPSA) is 44.5 Å². The molecule has 0 aliphatic heterocycles. The Balaban J connectivity index is 1.96. The Hall–Kier alpha value is -1.61. The Morgan fingerprint density at radius 1 is 1.35 bits per heavy atom. The van der Waals surface area contributed by atoms with Gasteiger partial charge in [0.25, 0.3) is 0 Å². The van der Waals surface area contributed by atoms with Gasteiger partial charge < -0.3 is 9.55 Å². The number of aromatic nitrogens is 2. The first-order chi connectivity index (χ1) is 9.67. The molecule has 0 aliphatic rings. The SMILES string of the molecule is N#Cc1ccc2[nH]c(=S)n(CCc3ccc(Cl)s3)c2c1. The molecule has 0 saturated carbocycles. The summed E-state index contributed by atoms with van der Waals surface area (Å²) >= 11 is 12.9. The predicted molar refractivity (Wildman–Crippen MR) is 84.9 cm³/mol. The number of hydrogen-bond acceptors (Lipinski definition) is 3. The normalized spacial score (nSPS) is 10.8. The largest absolute Gasteiger partial charge is 0.331 e. The fourth-order valence-electron chi connectivity index (χ4n) is 2.15. The monoisotopic (exact) mass is 319 g/mol. The summed E-state index contributed by atoms with van der Waals surface area (Å²) < 4.78 is 3.51. The van der Waals surface area contributed by atoms with Gasteiger partial charge in [-0.1, -0.05) is 11.6 Å². The van der Waals surface area contributed by atoms with Gasteiger partial charge in [-0.25, -0.2) is 0 Å². The van der Waals surface area contributed by atoms with Crippen LogP contribution in [0.25, 0.3) is 11.0 Å². The van der Waals surface area contributed by atoms with Gasteiger partial charge >= 0.3 is 0 Å². The van der Waals surface area contributed by atoms with Gasteiger partial charge in [-0.05, 0) is 49.0 Å². The van der Waals surface area contributed by atoms with Crippen LogP contribution in [-0.4, -0.2) is 9.55 Å². The van der Waals surface area contributed by atoms with Crippen molar-refractivity contribution in [3.8, 4) is 6.07 Å². The molecule has 3 rings (SSSR count). The molecular formula is C14H10ClN3S2. The van der Waals surface area contributed by atoms with Crippen molar-refractivity contribution in [2.45, 2.75) is 13.0 Å². The van der Waals surface area contributed by atoms with E-state index in [2.05, 4.69) is 11.1 Å². The van der Waals surface area contributed by atoms with Gasteiger partial charge in [0.05, 0.1) is 27.0 Å².